The lowest BCUT2D eigenvalue weighted by Gasteiger charge is -2.14. The molecule has 0 saturated carbocycles. The molecule has 0 aliphatic heterocycles. The lowest BCUT2D eigenvalue weighted by Crippen LogP contribution is -2.31. The third-order valence-corrected chi connectivity index (χ3v) is 2.41. The van der Waals surface area contributed by atoms with E-state index in [9.17, 15) is 0 Å². The first-order valence-corrected chi connectivity index (χ1v) is 5.69. The molecule has 3 heteroatoms. The van der Waals surface area contributed by atoms with Gasteiger partial charge in [0.2, 0.25) is 0 Å². The van der Waals surface area contributed by atoms with Crippen molar-refractivity contribution in [3.8, 4) is 5.75 Å². The van der Waals surface area contributed by atoms with Gasteiger partial charge >= 0.3 is 0 Å². The third-order valence-electron chi connectivity index (χ3n) is 2.41. The van der Waals surface area contributed by atoms with Crippen LogP contribution in [0.5, 0.6) is 5.75 Å². The molecule has 2 N–H and O–H groups in total. The highest BCUT2D eigenvalue weighted by atomic mass is 16.5. The molecular weight excluding hydrogens is 202 g/mol. The van der Waals surface area contributed by atoms with Crippen molar-refractivity contribution in [3.63, 3.8) is 0 Å². The molecule has 0 saturated heterocycles. The fraction of sp³-hybridized carbons (Fsp3) is 0.538. The minimum atomic E-state index is 0.122. The Bertz CT molecular complexity index is 291. The highest BCUT2D eigenvalue weighted by Gasteiger charge is 2.05. The normalized spacial score (nSPS) is 12.8. The van der Waals surface area contributed by atoms with Crippen LogP contribution in [0.15, 0.2) is 24.3 Å². The molecule has 0 radical (unpaired) electrons. The summed E-state index contributed by atoms with van der Waals surface area (Å²) in [4.78, 5) is 0. The monoisotopic (exact) mass is 223 g/mol. The van der Waals surface area contributed by atoms with Gasteiger partial charge in [0.05, 0.1) is 12.7 Å². The Kier molecular flexibility index (Phi) is 5.29. The Morgan fingerprint density at radius 1 is 1.25 bits per heavy atom. The summed E-state index contributed by atoms with van der Waals surface area (Å²) >= 11 is 0. The van der Waals surface area contributed by atoms with Crippen molar-refractivity contribution in [2.75, 3.05) is 13.7 Å². The van der Waals surface area contributed by atoms with Gasteiger partial charge in [0.15, 0.2) is 0 Å². The van der Waals surface area contributed by atoms with Crippen LogP contribution < -0.4 is 10.1 Å². The summed E-state index contributed by atoms with van der Waals surface area (Å²) in [5, 5.41) is 12.1. The van der Waals surface area contributed by atoms with Crippen LogP contribution in [0.2, 0.25) is 0 Å². The standard InChI is InChI=1S/C13H21NO2/c1-10(2)16-13-6-4-11(5-7-13)8-12(9-15)14-3/h4-7,10,12,14-15H,8-9H2,1-3H3/t12-/m0/s1. The molecule has 16 heavy (non-hydrogen) atoms. The SMILES string of the molecule is CN[C@H](CO)Cc1ccc(OC(C)C)cc1. The molecule has 0 spiro atoms. The zero-order valence-corrected chi connectivity index (χ0v) is 10.2. The number of hydrogen-bond acceptors (Lipinski definition) is 3. The number of rotatable bonds is 6. The van der Waals surface area contributed by atoms with Crippen LogP contribution in [0.4, 0.5) is 0 Å². The van der Waals surface area contributed by atoms with E-state index in [-0.39, 0.29) is 18.8 Å². The van der Waals surface area contributed by atoms with E-state index in [1.807, 2.05) is 45.2 Å². The second-order valence-electron chi connectivity index (χ2n) is 4.18. The number of benzene rings is 1. The summed E-state index contributed by atoms with van der Waals surface area (Å²) in [5.41, 5.74) is 1.20. The molecule has 1 aromatic rings. The topological polar surface area (TPSA) is 41.5 Å². The highest BCUT2D eigenvalue weighted by molar-refractivity contribution is 5.27. The van der Waals surface area contributed by atoms with E-state index in [0.29, 0.717) is 0 Å². The molecule has 0 heterocycles. The molecule has 0 fully saturated rings. The minimum absolute atomic E-state index is 0.122. The molecule has 0 amide bonds. The van der Waals surface area contributed by atoms with E-state index in [4.69, 9.17) is 9.84 Å². The van der Waals surface area contributed by atoms with Crippen LogP contribution in [0.1, 0.15) is 19.4 Å². The molecule has 0 unspecified atom stereocenters. The molecule has 0 aliphatic carbocycles. The quantitative estimate of drug-likeness (QED) is 0.769. The number of aliphatic hydroxyl groups is 1. The first-order chi connectivity index (χ1) is 7.65. The Labute approximate surface area is 97.4 Å². The Morgan fingerprint density at radius 3 is 2.31 bits per heavy atom. The van der Waals surface area contributed by atoms with Crippen molar-refractivity contribution in [2.24, 2.45) is 0 Å². The smallest absolute Gasteiger partial charge is 0.119 e. The van der Waals surface area contributed by atoms with Crippen molar-refractivity contribution in [1.82, 2.24) is 5.32 Å². The number of nitrogens with one attached hydrogen (secondary N) is 1. The summed E-state index contributed by atoms with van der Waals surface area (Å²) in [6.07, 6.45) is 1.03. The highest BCUT2D eigenvalue weighted by Crippen LogP contribution is 2.14. The van der Waals surface area contributed by atoms with Gasteiger partial charge in [0.1, 0.15) is 5.75 Å². The third kappa shape index (κ3) is 4.21. The maximum atomic E-state index is 9.07. The van der Waals surface area contributed by atoms with Crippen molar-refractivity contribution in [2.45, 2.75) is 32.4 Å². The second-order valence-corrected chi connectivity index (χ2v) is 4.18. The van der Waals surface area contributed by atoms with Crippen LogP contribution in [0.25, 0.3) is 0 Å². The lowest BCUT2D eigenvalue weighted by molar-refractivity contribution is 0.242. The largest absolute Gasteiger partial charge is 0.491 e. The summed E-state index contributed by atoms with van der Waals surface area (Å²) in [6.45, 7) is 4.17. The fourth-order valence-corrected chi connectivity index (χ4v) is 1.52. The summed E-state index contributed by atoms with van der Waals surface area (Å²) < 4.78 is 5.56. The summed E-state index contributed by atoms with van der Waals surface area (Å²) in [5.74, 6) is 0.892. The predicted octanol–water partition coefficient (Wildman–Crippen LogP) is 1.60. The van der Waals surface area contributed by atoms with Crippen molar-refractivity contribution in [1.29, 1.82) is 0 Å². The molecule has 0 aromatic heterocycles. The molecule has 1 aromatic carbocycles. The van der Waals surface area contributed by atoms with Crippen molar-refractivity contribution < 1.29 is 9.84 Å². The van der Waals surface area contributed by atoms with E-state index in [1.165, 1.54) is 5.56 Å². The second kappa shape index (κ2) is 6.51. The number of hydrogen-bond donors (Lipinski definition) is 2. The van der Waals surface area contributed by atoms with Gasteiger partial charge < -0.3 is 15.2 Å². The van der Waals surface area contributed by atoms with Gasteiger partial charge in [-0.2, -0.15) is 0 Å². The lowest BCUT2D eigenvalue weighted by atomic mass is 10.1. The van der Waals surface area contributed by atoms with Gasteiger partial charge in [-0.25, -0.2) is 0 Å². The first kappa shape index (κ1) is 13.0. The van der Waals surface area contributed by atoms with Crippen LogP contribution in [-0.2, 0) is 6.42 Å². The van der Waals surface area contributed by atoms with Gasteiger partial charge in [-0.1, -0.05) is 12.1 Å². The maximum Gasteiger partial charge on any atom is 0.119 e. The number of aliphatic hydroxyl groups excluding tert-OH is 1. The van der Waals surface area contributed by atoms with Crippen LogP contribution >= 0.6 is 0 Å². The van der Waals surface area contributed by atoms with E-state index < -0.39 is 0 Å². The van der Waals surface area contributed by atoms with E-state index >= 15 is 0 Å². The van der Waals surface area contributed by atoms with E-state index in [2.05, 4.69) is 5.32 Å². The van der Waals surface area contributed by atoms with Gasteiger partial charge in [-0.3, -0.25) is 0 Å². The predicted molar refractivity (Wildman–Crippen MR) is 65.8 cm³/mol. The Morgan fingerprint density at radius 2 is 1.88 bits per heavy atom. The van der Waals surface area contributed by atoms with E-state index in [1.54, 1.807) is 0 Å². The van der Waals surface area contributed by atoms with Crippen LogP contribution in [0.3, 0.4) is 0 Å². The van der Waals surface area contributed by atoms with E-state index in [0.717, 1.165) is 12.2 Å². The maximum absolute atomic E-state index is 9.07. The molecule has 0 aliphatic rings. The minimum Gasteiger partial charge on any atom is -0.491 e. The van der Waals surface area contributed by atoms with Crippen LogP contribution in [0, 0.1) is 0 Å². The molecule has 0 bridgehead atoms. The summed E-state index contributed by atoms with van der Waals surface area (Å²) in [6, 6.07) is 8.14. The average Bonchev–Trinajstić information content (AvgIpc) is 2.27. The zero-order valence-electron chi connectivity index (χ0n) is 10.2. The van der Waals surface area contributed by atoms with Gasteiger partial charge in [-0.05, 0) is 45.0 Å². The van der Waals surface area contributed by atoms with Gasteiger partial charge in [0, 0.05) is 6.04 Å². The van der Waals surface area contributed by atoms with Crippen molar-refractivity contribution in [3.05, 3.63) is 29.8 Å². The van der Waals surface area contributed by atoms with Crippen molar-refractivity contribution >= 4 is 0 Å². The Balaban J connectivity index is 2.57. The molecule has 1 rings (SSSR count). The molecule has 1 atom stereocenters. The Hall–Kier alpha value is -1.06. The number of ether oxygens (including phenoxy) is 1. The van der Waals surface area contributed by atoms with Gasteiger partial charge in [-0.15, -0.1) is 0 Å². The average molecular weight is 223 g/mol. The van der Waals surface area contributed by atoms with Crippen LogP contribution in [-0.4, -0.2) is 30.9 Å². The number of likely N-dealkylation sites (N-methyl/N-ethyl adjacent to an activating group) is 1. The molecule has 90 valence electrons. The molecule has 3 nitrogen and oxygen atoms in total. The van der Waals surface area contributed by atoms with Gasteiger partial charge in [0.25, 0.3) is 0 Å². The fourth-order valence-electron chi connectivity index (χ4n) is 1.52. The zero-order chi connectivity index (χ0) is 12.0. The first-order valence-electron chi connectivity index (χ1n) is 5.69. The molecular formula is C13H21NO2. The summed E-state index contributed by atoms with van der Waals surface area (Å²) in [7, 11) is 1.86.